The number of aliphatic hydroxyl groups is 1. The van der Waals surface area contributed by atoms with Gasteiger partial charge in [0.25, 0.3) is 5.92 Å². The predicted molar refractivity (Wildman–Crippen MR) is 121 cm³/mol. The molecular formula is C25H36F2N2O4. The Morgan fingerprint density at radius 2 is 1.85 bits per heavy atom. The molecule has 1 saturated heterocycles. The Morgan fingerprint density at radius 3 is 2.58 bits per heavy atom. The number of unbranched alkanes of at least 4 members (excludes halogenated alkanes) is 2. The molecule has 0 radical (unpaired) electrons. The van der Waals surface area contributed by atoms with E-state index >= 15 is 0 Å². The number of likely N-dealkylation sites (tertiary alicyclic amines) is 1. The van der Waals surface area contributed by atoms with Gasteiger partial charge in [0.2, 0.25) is 5.91 Å². The maximum absolute atomic E-state index is 13.8. The van der Waals surface area contributed by atoms with Crippen molar-refractivity contribution in [3.8, 4) is 11.5 Å². The smallest absolute Gasteiger partial charge is 0.250 e. The molecule has 33 heavy (non-hydrogen) atoms. The van der Waals surface area contributed by atoms with Crippen LogP contribution in [-0.4, -0.2) is 60.7 Å². The molecule has 1 aromatic carbocycles. The first-order valence-electron chi connectivity index (χ1n) is 12.4. The molecule has 1 aliphatic carbocycles. The van der Waals surface area contributed by atoms with E-state index < -0.39 is 24.0 Å². The highest BCUT2D eigenvalue weighted by atomic mass is 19.3. The topological polar surface area (TPSA) is 71.0 Å². The van der Waals surface area contributed by atoms with Gasteiger partial charge in [0, 0.05) is 25.3 Å². The Labute approximate surface area is 194 Å². The van der Waals surface area contributed by atoms with Crippen LogP contribution < -0.4 is 14.8 Å². The molecule has 184 valence electrons. The normalized spacial score (nSPS) is 20.5. The van der Waals surface area contributed by atoms with Crippen LogP contribution in [0, 0.1) is 5.92 Å². The maximum Gasteiger partial charge on any atom is 0.250 e. The first-order valence-corrected chi connectivity index (χ1v) is 12.4. The molecule has 1 amide bonds. The van der Waals surface area contributed by atoms with Crippen LogP contribution in [0.3, 0.4) is 0 Å². The third-order valence-electron chi connectivity index (χ3n) is 6.88. The zero-order valence-corrected chi connectivity index (χ0v) is 19.2. The molecule has 2 atom stereocenters. The van der Waals surface area contributed by atoms with E-state index in [1.807, 2.05) is 0 Å². The quantitative estimate of drug-likeness (QED) is 0.455. The Morgan fingerprint density at radius 1 is 1.12 bits per heavy atom. The number of carbonyl (C=O) groups is 1. The van der Waals surface area contributed by atoms with Crippen LogP contribution in [0.15, 0.2) is 18.2 Å². The van der Waals surface area contributed by atoms with Gasteiger partial charge in [-0.1, -0.05) is 12.5 Å². The van der Waals surface area contributed by atoms with Gasteiger partial charge in [-0.05, 0) is 69.3 Å². The first-order chi connectivity index (χ1) is 15.9. The molecule has 0 bridgehead atoms. The third kappa shape index (κ3) is 6.79. The second-order valence-electron chi connectivity index (χ2n) is 9.63. The number of amides is 1. The SMILES string of the molecule is O=C(CCCCCC(F)(F)C1CC1)N[C@H](CN1CCCC1)[C@H](O)c1ccc2c(c1)OCCO2. The molecule has 0 unspecified atom stereocenters. The summed E-state index contributed by atoms with van der Waals surface area (Å²) in [5, 5.41) is 14.1. The summed E-state index contributed by atoms with van der Waals surface area (Å²) in [6.07, 6.45) is 4.44. The van der Waals surface area contributed by atoms with Gasteiger partial charge < -0.3 is 24.8 Å². The number of hydrogen-bond acceptors (Lipinski definition) is 5. The predicted octanol–water partition coefficient (Wildman–Crippen LogP) is 4.07. The number of aliphatic hydroxyl groups excluding tert-OH is 1. The molecule has 4 rings (SSSR count). The van der Waals surface area contributed by atoms with E-state index in [1.54, 1.807) is 18.2 Å². The van der Waals surface area contributed by atoms with Crippen molar-refractivity contribution < 1.29 is 28.2 Å². The Hall–Kier alpha value is -1.93. The van der Waals surface area contributed by atoms with Crippen molar-refractivity contribution in [1.29, 1.82) is 0 Å². The molecule has 1 aromatic rings. The lowest BCUT2D eigenvalue weighted by molar-refractivity contribution is -0.123. The summed E-state index contributed by atoms with van der Waals surface area (Å²) in [6.45, 7) is 3.44. The van der Waals surface area contributed by atoms with Crippen LogP contribution in [0.4, 0.5) is 8.78 Å². The van der Waals surface area contributed by atoms with Crippen LogP contribution in [0.2, 0.25) is 0 Å². The monoisotopic (exact) mass is 466 g/mol. The molecule has 2 N–H and O–H groups in total. The fourth-order valence-electron chi connectivity index (χ4n) is 4.76. The molecule has 0 aromatic heterocycles. The second-order valence-corrected chi connectivity index (χ2v) is 9.63. The van der Waals surface area contributed by atoms with Gasteiger partial charge in [-0.15, -0.1) is 0 Å². The summed E-state index contributed by atoms with van der Waals surface area (Å²) in [4.78, 5) is 14.9. The van der Waals surface area contributed by atoms with Crippen LogP contribution in [0.25, 0.3) is 0 Å². The second kappa shape index (κ2) is 11.0. The Bertz CT molecular complexity index is 797. The number of rotatable bonds is 12. The van der Waals surface area contributed by atoms with E-state index in [2.05, 4.69) is 10.2 Å². The lowest BCUT2D eigenvalue weighted by atomic mass is 10.00. The minimum Gasteiger partial charge on any atom is -0.486 e. The van der Waals surface area contributed by atoms with E-state index in [0.717, 1.165) is 25.9 Å². The van der Waals surface area contributed by atoms with Crippen molar-refractivity contribution in [2.45, 2.75) is 75.9 Å². The molecule has 6 nitrogen and oxygen atoms in total. The third-order valence-corrected chi connectivity index (χ3v) is 6.88. The van der Waals surface area contributed by atoms with Crippen LogP contribution in [-0.2, 0) is 4.79 Å². The van der Waals surface area contributed by atoms with Crippen molar-refractivity contribution in [3.05, 3.63) is 23.8 Å². The lowest BCUT2D eigenvalue weighted by Crippen LogP contribution is -2.46. The summed E-state index contributed by atoms with van der Waals surface area (Å²) >= 11 is 0. The van der Waals surface area contributed by atoms with E-state index in [4.69, 9.17) is 9.47 Å². The first kappa shape index (κ1) is 24.2. The molecule has 2 aliphatic heterocycles. The number of alkyl halides is 2. The fraction of sp³-hybridized carbons (Fsp3) is 0.720. The van der Waals surface area contributed by atoms with Gasteiger partial charge in [-0.25, -0.2) is 8.78 Å². The van der Waals surface area contributed by atoms with Crippen molar-refractivity contribution in [2.75, 3.05) is 32.8 Å². The lowest BCUT2D eigenvalue weighted by Gasteiger charge is -2.29. The zero-order valence-electron chi connectivity index (χ0n) is 19.2. The number of benzene rings is 1. The Kier molecular flexibility index (Phi) is 8.07. The van der Waals surface area contributed by atoms with Crippen LogP contribution in [0.1, 0.15) is 69.5 Å². The van der Waals surface area contributed by atoms with Gasteiger partial charge in [0.15, 0.2) is 11.5 Å². The largest absolute Gasteiger partial charge is 0.486 e. The molecule has 2 fully saturated rings. The van der Waals surface area contributed by atoms with Crippen molar-refractivity contribution in [3.63, 3.8) is 0 Å². The number of nitrogens with one attached hydrogen (secondary N) is 1. The van der Waals surface area contributed by atoms with Crippen LogP contribution >= 0.6 is 0 Å². The highest BCUT2D eigenvalue weighted by Gasteiger charge is 2.45. The average molecular weight is 467 g/mol. The molecule has 1 saturated carbocycles. The minimum atomic E-state index is -2.54. The number of hydrogen-bond donors (Lipinski definition) is 2. The van der Waals surface area contributed by atoms with E-state index in [-0.39, 0.29) is 18.7 Å². The summed E-state index contributed by atoms with van der Waals surface area (Å²) in [5.74, 6) is -1.85. The summed E-state index contributed by atoms with van der Waals surface area (Å²) in [5.41, 5.74) is 0.672. The standard InChI is InChI=1S/C25H36F2N2O4/c26-25(27,19-8-9-19)11-3-1-2-6-23(30)28-20(17-29-12-4-5-13-29)24(31)18-7-10-21-22(16-18)33-15-14-32-21/h7,10,16,19-20,24,31H,1-6,8-9,11-15,17H2,(H,28,30)/t20-,24-/m1/s1. The van der Waals surface area contributed by atoms with Gasteiger partial charge in [-0.2, -0.15) is 0 Å². The molecule has 8 heteroatoms. The summed E-state index contributed by atoms with van der Waals surface area (Å²) in [6, 6.07) is 4.92. The van der Waals surface area contributed by atoms with Crippen molar-refractivity contribution in [1.82, 2.24) is 10.2 Å². The average Bonchev–Trinajstić information content (AvgIpc) is 3.56. The fourth-order valence-corrected chi connectivity index (χ4v) is 4.76. The van der Waals surface area contributed by atoms with E-state index in [9.17, 15) is 18.7 Å². The summed E-state index contributed by atoms with van der Waals surface area (Å²) in [7, 11) is 0. The zero-order chi connectivity index (χ0) is 23.3. The van der Waals surface area contributed by atoms with Crippen molar-refractivity contribution in [2.24, 2.45) is 5.92 Å². The summed E-state index contributed by atoms with van der Waals surface area (Å²) < 4.78 is 38.8. The van der Waals surface area contributed by atoms with E-state index in [0.29, 0.717) is 68.9 Å². The maximum atomic E-state index is 13.8. The van der Waals surface area contributed by atoms with Crippen molar-refractivity contribution >= 4 is 5.91 Å². The van der Waals surface area contributed by atoms with Gasteiger partial charge >= 0.3 is 0 Å². The highest BCUT2D eigenvalue weighted by Crippen LogP contribution is 2.46. The van der Waals surface area contributed by atoms with E-state index in [1.165, 1.54) is 0 Å². The number of ether oxygens (including phenoxy) is 2. The Balaban J connectivity index is 1.29. The van der Waals surface area contributed by atoms with Gasteiger partial charge in [0.05, 0.1) is 6.04 Å². The highest BCUT2D eigenvalue weighted by molar-refractivity contribution is 5.76. The molecule has 3 aliphatic rings. The van der Waals surface area contributed by atoms with Crippen LogP contribution in [0.5, 0.6) is 11.5 Å². The number of nitrogens with zero attached hydrogens (tertiary/aromatic N) is 1. The number of carbonyl (C=O) groups excluding carboxylic acids is 1. The van der Waals surface area contributed by atoms with Gasteiger partial charge in [-0.3, -0.25) is 4.79 Å². The van der Waals surface area contributed by atoms with Gasteiger partial charge in [0.1, 0.15) is 19.3 Å². The minimum absolute atomic E-state index is 0.0836. The molecular weight excluding hydrogens is 430 g/mol. The molecule has 0 spiro atoms. The molecule has 2 heterocycles. The number of halogens is 2. The number of fused-ring (bicyclic) bond motifs is 1.